The van der Waals surface area contributed by atoms with Crippen LogP contribution in [-0.2, 0) is 6.42 Å². The van der Waals surface area contributed by atoms with Crippen molar-refractivity contribution in [1.29, 1.82) is 0 Å². The van der Waals surface area contributed by atoms with Crippen molar-refractivity contribution >= 4 is 21.6 Å². The van der Waals surface area contributed by atoms with Gasteiger partial charge in [-0.05, 0) is 46.6 Å². The highest BCUT2D eigenvalue weighted by Gasteiger charge is 2.06. The Kier molecular flexibility index (Phi) is 3.69. The summed E-state index contributed by atoms with van der Waals surface area (Å²) in [6, 6.07) is 11.9. The van der Waals surface area contributed by atoms with Gasteiger partial charge in [0.2, 0.25) is 0 Å². The Morgan fingerprint density at radius 1 is 1.15 bits per heavy atom. The summed E-state index contributed by atoms with van der Waals surface area (Å²) in [5.74, 6) is 1.82. The van der Waals surface area contributed by atoms with E-state index in [0.717, 1.165) is 27.3 Å². The maximum Gasteiger partial charge on any atom is 0.160 e. The van der Waals surface area contributed by atoms with E-state index in [2.05, 4.69) is 26.1 Å². The monoisotopic (exact) mass is 331 g/mol. The first-order valence-corrected chi connectivity index (χ1v) is 7.21. The highest BCUT2D eigenvalue weighted by molar-refractivity contribution is 9.10. The topological polar surface area (TPSA) is 39.4 Å². The number of ether oxygens (including phenoxy) is 1. The van der Waals surface area contributed by atoms with E-state index in [-0.39, 0.29) is 0 Å². The molecule has 0 aliphatic heterocycles. The Bertz CT molecular complexity index is 739. The van der Waals surface area contributed by atoms with E-state index < -0.39 is 0 Å². The summed E-state index contributed by atoms with van der Waals surface area (Å²) in [4.78, 5) is 0. The van der Waals surface area contributed by atoms with Gasteiger partial charge in [0.25, 0.3) is 0 Å². The fourth-order valence-corrected chi connectivity index (χ4v) is 2.39. The Hall–Kier alpha value is -1.88. The van der Waals surface area contributed by atoms with E-state index in [1.165, 1.54) is 0 Å². The number of rotatable bonds is 4. The minimum absolute atomic E-state index is 0.582. The third kappa shape index (κ3) is 2.67. The third-order valence-corrected chi connectivity index (χ3v) is 3.58. The third-order valence-electron chi connectivity index (χ3n) is 3.11. The molecule has 0 unspecified atom stereocenters. The zero-order chi connectivity index (χ0) is 13.9. The highest BCUT2D eigenvalue weighted by Crippen LogP contribution is 2.17. The lowest BCUT2D eigenvalue weighted by Crippen LogP contribution is -2.05. The van der Waals surface area contributed by atoms with Gasteiger partial charge >= 0.3 is 0 Å². The maximum atomic E-state index is 5.80. The van der Waals surface area contributed by atoms with Crippen molar-refractivity contribution < 1.29 is 4.74 Å². The van der Waals surface area contributed by atoms with Crippen LogP contribution in [0.1, 0.15) is 11.4 Å². The van der Waals surface area contributed by atoms with Gasteiger partial charge in [-0.15, -0.1) is 10.2 Å². The molecular formula is C15H14BrN3O. The fraction of sp³-hybridized carbons (Fsp3) is 0.200. The Labute approximate surface area is 125 Å². The van der Waals surface area contributed by atoms with Crippen molar-refractivity contribution in [2.75, 3.05) is 6.61 Å². The molecule has 1 aromatic carbocycles. The molecule has 2 aromatic heterocycles. The molecule has 0 N–H and O–H groups in total. The van der Waals surface area contributed by atoms with Crippen LogP contribution in [-0.4, -0.2) is 21.2 Å². The fourth-order valence-electron chi connectivity index (χ4n) is 2.05. The van der Waals surface area contributed by atoms with Crippen LogP contribution in [0.25, 0.3) is 5.65 Å². The van der Waals surface area contributed by atoms with Crippen molar-refractivity contribution in [3.8, 4) is 5.75 Å². The quantitative estimate of drug-likeness (QED) is 0.735. The first-order chi connectivity index (χ1) is 9.74. The van der Waals surface area contributed by atoms with Gasteiger partial charge < -0.3 is 4.74 Å². The molecule has 0 aliphatic rings. The number of hydrogen-bond acceptors (Lipinski definition) is 3. The largest absolute Gasteiger partial charge is 0.493 e. The van der Waals surface area contributed by atoms with Gasteiger partial charge in [-0.3, -0.25) is 4.40 Å². The van der Waals surface area contributed by atoms with Gasteiger partial charge in [0.05, 0.1) is 6.61 Å². The molecule has 0 saturated heterocycles. The Morgan fingerprint density at radius 3 is 2.85 bits per heavy atom. The number of benzene rings is 1. The van der Waals surface area contributed by atoms with Crippen LogP contribution in [0.15, 0.2) is 47.1 Å². The standard InChI is InChI=1S/C15H14BrN3O/c1-11-4-2-3-5-13(11)20-9-8-15-18-17-14-7-6-12(16)10-19(14)15/h2-7,10H,8-9H2,1H3. The van der Waals surface area contributed by atoms with Crippen LogP contribution in [0, 0.1) is 6.92 Å². The molecule has 0 amide bonds. The van der Waals surface area contributed by atoms with Crippen LogP contribution >= 0.6 is 15.9 Å². The molecule has 0 saturated carbocycles. The number of pyridine rings is 1. The van der Waals surface area contributed by atoms with E-state index in [1.54, 1.807) is 0 Å². The Morgan fingerprint density at radius 2 is 2.00 bits per heavy atom. The van der Waals surface area contributed by atoms with Crippen LogP contribution in [0.4, 0.5) is 0 Å². The predicted molar refractivity (Wildman–Crippen MR) is 81.1 cm³/mol. The van der Waals surface area contributed by atoms with Crippen molar-refractivity contribution in [3.05, 3.63) is 58.5 Å². The van der Waals surface area contributed by atoms with Gasteiger partial charge in [0.15, 0.2) is 5.65 Å². The van der Waals surface area contributed by atoms with E-state index in [4.69, 9.17) is 4.74 Å². The first-order valence-electron chi connectivity index (χ1n) is 6.41. The van der Waals surface area contributed by atoms with Gasteiger partial charge in [0.1, 0.15) is 11.6 Å². The van der Waals surface area contributed by atoms with Gasteiger partial charge in [0, 0.05) is 17.1 Å². The number of fused-ring (bicyclic) bond motifs is 1. The van der Waals surface area contributed by atoms with Gasteiger partial charge in [-0.2, -0.15) is 0 Å². The Balaban J connectivity index is 1.71. The number of hydrogen-bond donors (Lipinski definition) is 0. The first kappa shape index (κ1) is 13.1. The molecule has 0 bridgehead atoms. The molecular weight excluding hydrogens is 318 g/mol. The van der Waals surface area contributed by atoms with E-state index >= 15 is 0 Å². The van der Waals surface area contributed by atoms with E-state index in [0.29, 0.717) is 13.0 Å². The molecule has 0 spiro atoms. The second-order valence-electron chi connectivity index (χ2n) is 4.56. The number of aromatic nitrogens is 3. The van der Waals surface area contributed by atoms with Crippen LogP contribution in [0.5, 0.6) is 5.75 Å². The molecule has 2 heterocycles. The van der Waals surface area contributed by atoms with E-state index in [9.17, 15) is 0 Å². The molecule has 20 heavy (non-hydrogen) atoms. The van der Waals surface area contributed by atoms with Crippen molar-refractivity contribution in [1.82, 2.24) is 14.6 Å². The summed E-state index contributed by atoms with van der Waals surface area (Å²) in [5, 5.41) is 8.34. The minimum Gasteiger partial charge on any atom is -0.493 e. The lowest BCUT2D eigenvalue weighted by molar-refractivity contribution is 0.316. The molecule has 0 radical (unpaired) electrons. The zero-order valence-electron chi connectivity index (χ0n) is 11.1. The highest BCUT2D eigenvalue weighted by atomic mass is 79.9. The van der Waals surface area contributed by atoms with Gasteiger partial charge in [-0.25, -0.2) is 0 Å². The molecule has 102 valence electrons. The maximum absolute atomic E-state index is 5.80. The summed E-state index contributed by atoms with van der Waals surface area (Å²) in [6.45, 7) is 2.62. The van der Waals surface area contributed by atoms with Gasteiger partial charge in [-0.1, -0.05) is 18.2 Å². The predicted octanol–water partition coefficient (Wildman–Crippen LogP) is 3.42. The second kappa shape index (κ2) is 5.63. The molecule has 3 rings (SSSR count). The average molecular weight is 332 g/mol. The summed E-state index contributed by atoms with van der Waals surface area (Å²) in [6.07, 6.45) is 2.68. The lowest BCUT2D eigenvalue weighted by atomic mass is 10.2. The minimum atomic E-state index is 0.582. The molecule has 0 aliphatic carbocycles. The summed E-state index contributed by atoms with van der Waals surface area (Å²) in [5.41, 5.74) is 1.99. The lowest BCUT2D eigenvalue weighted by Gasteiger charge is -2.08. The molecule has 4 nitrogen and oxygen atoms in total. The van der Waals surface area contributed by atoms with Crippen molar-refractivity contribution in [2.24, 2.45) is 0 Å². The zero-order valence-corrected chi connectivity index (χ0v) is 12.7. The molecule has 0 fully saturated rings. The number of aryl methyl sites for hydroxylation is 1. The smallest absolute Gasteiger partial charge is 0.160 e. The molecule has 3 aromatic rings. The van der Waals surface area contributed by atoms with Crippen LogP contribution in [0.3, 0.4) is 0 Å². The summed E-state index contributed by atoms with van der Waals surface area (Å²) in [7, 11) is 0. The number of nitrogens with zero attached hydrogens (tertiary/aromatic N) is 3. The van der Waals surface area contributed by atoms with E-state index in [1.807, 2.05) is 53.9 Å². The van der Waals surface area contributed by atoms with Crippen LogP contribution in [0.2, 0.25) is 0 Å². The average Bonchev–Trinajstić information content (AvgIpc) is 2.83. The molecule has 5 heteroatoms. The number of para-hydroxylation sites is 1. The SMILES string of the molecule is Cc1ccccc1OCCc1nnc2ccc(Br)cn12. The normalized spacial score (nSPS) is 10.9. The number of halogens is 1. The van der Waals surface area contributed by atoms with Crippen molar-refractivity contribution in [2.45, 2.75) is 13.3 Å². The summed E-state index contributed by atoms with van der Waals surface area (Å²) >= 11 is 3.46. The van der Waals surface area contributed by atoms with Crippen LogP contribution < -0.4 is 4.74 Å². The summed E-state index contributed by atoms with van der Waals surface area (Å²) < 4.78 is 8.78. The molecule has 0 atom stereocenters. The van der Waals surface area contributed by atoms with Crippen molar-refractivity contribution in [3.63, 3.8) is 0 Å². The second-order valence-corrected chi connectivity index (χ2v) is 5.47.